The molecular weight excluding hydrogens is 343 g/mol. The lowest BCUT2D eigenvalue weighted by Crippen LogP contribution is -2.07. The van der Waals surface area contributed by atoms with Crippen LogP contribution in [0.4, 0.5) is 21.7 Å². The molecule has 2 aromatic heterocycles. The van der Waals surface area contributed by atoms with E-state index in [1.807, 2.05) is 26.1 Å². The Kier molecular flexibility index (Phi) is 5.63. The van der Waals surface area contributed by atoms with Crippen LogP contribution < -0.4 is 15.4 Å². The van der Waals surface area contributed by atoms with Gasteiger partial charge in [-0.05, 0) is 44.2 Å². The molecule has 0 unspecified atom stereocenters. The zero-order valence-electron chi connectivity index (χ0n) is 15.2. The van der Waals surface area contributed by atoms with Crippen molar-refractivity contribution < 1.29 is 9.13 Å². The SMILES string of the molecule is C.CNc1cc(C)nc(Nc2nc3c(c(C4=CCCCC4)c2F)OCC3)c1. The average Bonchev–Trinajstić information content (AvgIpc) is 3.10. The zero-order valence-corrected chi connectivity index (χ0v) is 15.2. The summed E-state index contributed by atoms with van der Waals surface area (Å²) in [6, 6.07) is 3.78. The number of hydrogen-bond donors (Lipinski definition) is 2. The maximum Gasteiger partial charge on any atom is 0.177 e. The summed E-state index contributed by atoms with van der Waals surface area (Å²) in [6.07, 6.45) is 6.94. The van der Waals surface area contributed by atoms with Crippen LogP contribution >= 0.6 is 0 Å². The van der Waals surface area contributed by atoms with Gasteiger partial charge >= 0.3 is 0 Å². The van der Waals surface area contributed by atoms with Crippen molar-refractivity contribution in [2.45, 2.75) is 46.5 Å². The standard InChI is InChI=1S/C20H23FN4O.CH4/c1-12-10-14(22-2)11-16(23-12)25-20-18(21)17(13-6-4-3-5-7-13)19-15(24-20)8-9-26-19;/h6,10-11H,3-5,7-9H2,1-2H3,(H2,22,23,24,25);1H4. The van der Waals surface area contributed by atoms with Gasteiger partial charge in [0.05, 0.1) is 17.9 Å². The van der Waals surface area contributed by atoms with Crippen LogP contribution in [-0.4, -0.2) is 23.6 Å². The highest BCUT2D eigenvalue weighted by Crippen LogP contribution is 2.41. The Bertz CT molecular complexity index is 879. The van der Waals surface area contributed by atoms with Gasteiger partial charge in [0.2, 0.25) is 0 Å². The molecule has 144 valence electrons. The fourth-order valence-electron chi connectivity index (χ4n) is 3.60. The van der Waals surface area contributed by atoms with Gasteiger partial charge < -0.3 is 15.4 Å². The van der Waals surface area contributed by atoms with Crippen molar-refractivity contribution in [1.29, 1.82) is 0 Å². The summed E-state index contributed by atoms with van der Waals surface area (Å²) in [6.45, 7) is 2.46. The third-order valence-electron chi connectivity index (χ3n) is 4.85. The molecule has 3 heterocycles. The minimum absolute atomic E-state index is 0. The molecule has 0 saturated heterocycles. The van der Waals surface area contributed by atoms with Crippen molar-refractivity contribution in [3.63, 3.8) is 0 Å². The van der Waals surface area contributed by atoms with Gasteiger partial charge in [-0.3, -0.25) is 0 Å². The molecule has 0 radical (unpaired) electrons. The highest BCUT2D eigenvalue weighted by Gasteiger charge is 2.27. The molecule has 0 aromatic carbocycles. The molecular formula is C21H27FN4O. The van der Waals surface area contributed by atoms with E-state index in [0.29, 0.717) is 30.2 Å². The van der Waals surface area contributed by atoms with Crippen LogP contribution in [0.15, 0.2) is 18.2 Å². The van der Waals surface area contributed by atoms with Gasteiger partial charge in [-0.1, -0.05) is 13.5 Å². The van der Waals surface area contributed by atoms with Gasteiger partial charge in [0, 0.05) is 30.9 Å². The molecule has 0 fully saturated rings. The fourth-order valence-corrected chi connectivity index (χ4v) is 3.60. The number of anilines is 3. The second kappa shape index (κ2) is 7.94. The molecule has 2 N–H and O–H groups in total. The van der Waals surface area contributed by atoms with Crippen molar-refractivity contribution in [3.8, 4) is 5.75 Å². The third kappa shape index (κ3) is 3.75. The van der Waals surface area contributed by atoms with Crippen LogP contribution in [0.25, 0.3) is 5.57 Å². The number of halogens is 1. The van der Waals surface area contributed by atoms with Crippen LogP contribution in [0, 0.1) is 12.7 Å². The number of nitrogens with zero attached hydrogens (tertiary/aromatic N) is 2. The molecule has 2 aromatic rings. The molecule has 4 rings (SSSR count). The second-order valence-corrected chi connectivity index (χ2v) is 6.76. The number of aryl methyl sites for hydroxylation is 1. The summed E-state index contributed by atoms with van der Waals surface area (Å²) in [5.41, 5.74) is 4.19. The van der Waals surface area contributed by atoms with Crippen molar-refractivity contribution in [1.82, 2.24) is 9.97 Å². The molecule has 2 aliphatic rings. The highest BCUT2D eigenvalue weighted by molar-refractivity contribution is 5.76. The van der Waals surface area contributed by atoms with E-state index in [1.54, 1.807) is 0 Å². The first-order valence-electron chi connectivity index (χ1n) is 9.13. The summed E-state index contributed by atoms with van der Waals surface area (Å²) in [5, 5.41) is 6.17. The number of pyridine rings is 2. The van der Waals surface area contributed by atoms with Crippen molar-refractivity contribution in [2.24, 2.45) is 0 Å². The van der Waals surface area contributed by atoms with Crippen LogP contribution in [0.3, 0.4) is 0 Å². The third-order valence-corrected chi connectivity index (χ3v) is 4.85. The number of ether oxygens (including phenoxy) is 1. The number of allylic oxidation sites excluding steroid dienone is 2. The number of fused-ring (bicyclic) bond motifs is 1. The van der Waals surface area contributed by atoms with Gasteiger partial charge in [-0.2, -0.15) is 0 Å². The van der Waals surface area contributed by atoms with E-state index in [4.69, 9.17) is 4.74 Å². The Labute approximate surface area is 160 Å². The van der Waals surface area contributed by atoms with Crippen molar-refractivity contribution in [3.05, 3.63) is 41.0 Å². The molecule has 0 bridgehead atoms. The lowest BCUT2D eigenvalue weighted by molar-refractivity contribution is 0.354. The minimum atomic E-state index is -0.354. The lowest BCUT2D eigenvalue weighted by atomic mass is 9.92. The molecule has 0 saturated carbocycles. The largest absolute Gasteiger partial charge is 0.491 e. The van der Waals surface area contributed by atoms with Gasteiger partial charge in [0.15, 0.2) is 17.4 Å². The Morgan fingerprint density at radius 3 is 2.74 bits per heavy atom. The van der Waals surface area contributed by atoms with Crippen LogP contribution in [0.1, 0.15) is 50.1 Å². The Morgan fingerprint density at radius 1 is 1.15 bits per heavy atom. The minimum Gasteiger partial charge on any atom is -0.491 e. The summed E-state index contributed by atoms with van der Waals surface area (Å²) in [4.78, 5) is 8.94. The van der Waals surface area contributed by atoms with Gasteiger partial charge in [0.1, 0.15) is 5.82 Å². The first kappa shape index (κ1) is 19.1. The first-order chi connectivity index (χ1) is 12.7. The molecule has 27 heavy (non-hydrogen) atoms. The summed E-state index contributed by atoms with van der Waals surface area (Å²) in [7, 11) is 1.85. The van der Waals surface area contributed by atoms with Gasteiger partial charge in [-0.25, -0.2) is 14.4 Å². The quantitative estimate of drug-likeness (QED) is 0.771. The Hall–Kier alpha value is -2.63. The summed E-state index contributed by atoms with van der Waals surface area (Å²) in [5.74, 6) is 1.06. The maximum atomic E-state index is 15.4. The predicted octanol–water partition coefficient (Wildman–Crippen LogP) is 5.24. The van der Waals surface area contributed by atoms with Crippen molar-refractivity contribution in [2.75, 3.05) is 24.3 Å². The number of rotatable bonds is 4. The van der Waals surface area contributed by atoms with Crippen LogP contribution in [-0.2, 0) is 6.42 Å². The van der Waals surface area contributed by atoms with E-state index in [0.717, 1.165) is 48.3 Å². The molecule has 1 aliphatic carbocycles. The van der Waals surface area contributed by atoms with Crippen molar-refractivity contribution >= 4 is 22.9 Å². The van der Waals surface area contributed by atoms with E-state index in [-0.39, 0.29) is 19.1 Å². The van der Waals surface area contributed by atoms with E-state index >= 15 is 4.39 Å². The second-order valence-electron chi connectivity index (χ2n) is 6.76. The molecule has 0 spiro atoms. The monoisotopic (exact) mass is 370 g/mol. The Morgan fingerprint density at radius 2 is 2.00 bits per heavy atom. The van der Waals surface area contributed by atoms with Gasteiger partial charge in [0.25, 0.3) is 0 Å². The van der Waals surface area contributed by atoms with Crippen LogP contribution in [0.2, 0.25) is 0 Å². The molecule has 5 nitrogen and oxygen atoms in total. The Balaban J connectivity index is 0.00000210. The number of aromatic nitrogens is 2. The van der Waals surface area contributed by atoms with E-state index in [9.17, 15) is 0 Å². The maximum absolute atomic E-state index is 15.4. The van der Waals surface area contributed by atoms with Gasteiger partial charge in [-0.15, -0.1) is 0 Å². The molecule has 0 atom stereocenters. The molecule has 1 aliphatic heterocycles. The highest BCUT2D eigenvalue weighted by atomic mass is 19.1. The summed E-state index contributed by atoms with van der Waals surface area (Å²) < 4.78 is 21.1. The summed E-state index contributed by atoms with van der Waals surface area (Å²) >= 11 is 0. The first-order valence-corrected chi connectivity index (χ1v) is 9.13. The zero-order chi connectivity index (χ0) is 18.1. The molecule has 0 amide bonds. The van der Waals surface area contributed by atoms with E-state index in [1.165, 1.54) is 0 Å². The normalized spacial score (nSPS) is 15.3. The lowest BCUT2D eigenvalue weighted by Gasteiger charge is -2.18. The van der Waals surface area contributed by atoms with E-state index < -0.39 is 0 Å². The smallest absolute Gasteiger partial charge is 0.177 e. The fraction of sp³-hybridized carbons (Fsp3) is 0.429. The topological polar surface area (TPSA) is 59.1 Å². The predicted molar refractivity (Wildman–Crippen MR) is 108 cm³/mol. The average molecular weight is 370 g/mol. The number of nitrogens with one attached hydrogen (secondary N) is 2. The van der Waals surface area contributed by atoms with E-state index in [2.05, 4.69) is 26.7 Å². The molecule has 6 heteroatoms. The number of hydrogen-bond acceptors (Lipinski definition) is 5. The van der Waals surface area contributed by atoms with Crippen LogP contribution in [0.5, 0.6) is 5.75 Å².